The second kappa shape index (κ2) is 5.48. The van der Waals surface area contributed by atoms with Crippen molar-refractivity contribution >= 4 is 28.6 Å². The van der Waals surface area contributed by atoms with E-state index in [0.717, 1.165) is 0 Å². The van der Waals surface area contributed by atoms with E-state index < -0.39 is 24.5 Å². The highest BCUT2D eigenvalue weighted by Crippen LogP contribution is 2.26. The molecule has 0 spiro atoms. The summed E-state index contributed by atoms with van der Waals surface area (Å²) in [6.07, 6.45) is -2.01. The highest BCUT2D eigenvalue weighted by molar-refractivity contribution is 14.1. The molecule has 7 heteroatoms. The minimum Gasteiger partial charge on any atom is -0.481 e. The molecule has 0 radical (unpaired) electrons. The van der Waals surface area contributed by atoms with Gasteiger partial charge in [0.25, 0.3) is 6.43 Å². The number of alkyl halides is 2. The minimum atomic E-state index is -2.79. The van der Waals surface area contributed by atoms with Gasteiger partial charge < -0.3 is 10.8 Å². The van der Waals surface area contributed by atoms with E-state index in [2.05, 4.69) is 4.98 Å². The van der Waals surface area contributed by atoms with Crippen molar-refractivity contribution in [3.05, 3.63) is 26.6 Å². The van der Waals surface area contributed by atoms with E-state index in [-0.39, 0.29) is 12.1 Å². The van der Waals surface area contributed by atoms with Crippen molar-refractivity contribution in [3.8, 4) is 0 Å². The lowest BCUT2D eigenvalue weighted by atomic mass is 10.0. The predicted molar refractivity (Wildman–Crippen MR) is 61.1 cm³/mol. The minimum absolute atomic E-state index is 0.0170. The van der Waals surface area contributed by atoms with Crippen LogP contribution in [0.25, 0.3) is 0 Å². The van der Waals surface area contributed by atoms with E-state index in [9.17, 15) is 13.6 Å². The third-order valence-corrected chi connectivity index (χ3v) is 2.95. The van der Waals surface area contributed by atoms with Crippen LogP contribution >= 0.6 is 22.6 Å². The van der Waals surface area contributed by atoms with Gasteiger partial charge in [0.2, 0.25) is 0 Å². The molecule has 0 amide bonds. The van der Waals surface area contributed by atoms with Crippen LogP contribution < -0.4 is 5.73 Å². The molecular formula is C9H9F2IN2O2. The number of carboxylic acids is 1. The molecule has 1 rings (SSSR count). The highest BCUT2D eigenvalue weighted by atomic mass is 127. The van der Waals surface area contributed by atoms with Crippen molar-refractivity contribution in [2.45, 2.75) is 19.4 Å². The largest absolute Gasteiger partial charge is 0.481 e. The Morgan fingerprint density at radius 1 is 1.56 bits per heavy atom. The summed E-state index contributed by atoms with van der Waals surface area (Å²) in [5.74, 6) is -1.18. The Kier molecular flexibility index (Phi) is 4.54. The van der Waals surface area contributed by atoms with Crippen molar-refractivity contribution < 1.29 is 18.7 Å². The molecule has 1 aromatic rings. The van der Waals surface area contributed by atoms with Crippen LogP contribution in [-0.2, 0) is 17.8 Å². The van der Waals surface area contributed by atoms with Crippen LogP contribution in [0.1, 0.15) is 23.2 Å². The number of nitrogens with zero attached hydrogens (tertiary/aromatic N) is 1. The van der Waals surface area contributed by atoms with E-state index in [1.807, 2.05) is 22.6 Å². The zero-order valence-corrected chi connectivity index (χ0v) is 10.2. The van der Waals surface area contributed by atoms with Gasteiger partial charge in [-0.25, -0.2) is 8.78 Å². The first-order valence-corrected chi connectivity index (χ1v) is 5.41. The molecule has 0 unspecified atom stereocenters. The van der Waals surface area contributed by atoms with Gasteiger partial charge in [0.15, 0.2) is 0 Å². The standard InChI is InChI=1S/C9H9F2IN2O2/c10-9(11)8-4(1-7(15)16)5(2-13)6(12)3-14-8/h3,9H,1-2,13H2,(H,15,16). The Labute approximate surface area is 104 Å². The summed E-state index contributed by atoms with van der Waals surface area (Å²) >= 11 is 1.89. The summed E-state index contributed by atoms with van der Waals surface area (Å²) in [5, 5.41) is 8.67. The summed E-state index contributed by atoms with van der Waals surface area (Å²) in [5.41, 5.74) is 5.38. The van der Waals surface area contributed by atoms with E-state index in [4.69, 9.17) is 10.8 Å². The molecule has 0 aliphatic carbocycles. The quantitative estimate of drug-likeness (QED) is 0.817. The van der Waals surface area contributed by atoms with Crippen LogP contribution in [0.4, 0.5) is 8.78 Å². The molecule has 0 atom stereocenters. The number of carbonyl (C=O) groups is 1. The molecule has 0 saturated carbocycles. The molecule has 0 aliphatic rings. The summed E-state index contributed by atoms with van der Waals surface area (Å²) in [4.78, 5) is 14.2. The Bertz CT molecular complexity index is 413. The first kappa shape index (κ1) is 13.2. The fourth-order valence-corrected chi connectivity index (χ4v) is 2.02. The molecule has 4 nitrogen and oxygen atoms in total. The lowest BCUT2D eigenvalue weighted by Crippen LogP contribution is -2.13. The summed E-state index contributed by atoms with van der Waals surface area (Å²) in [6, 6.07) is 0. The molecule has 0 aromatic carbocycles. The monoisotopic (exact) mass is 342 g/mol. The average Bonchev–Trinajstić information content (AvgIpc) is 2.16. The SMILES string of the molecule is NCc1c(I)cnc(C(F)F)c1CC(=O)O. The smallest absolute Gasteiger partial charge is 0.307 e. The summed E-state index contributed by atoms with van der Waals surface area (Å²) in [6.45, 7) is 0.0170. The Morgan fingerprint density at radius 2 is 2.19 bits per heavy atom. The molecule has 3 N–H and O–H groups in total. The molecule has 0 aliphatic heterocycles. The number of rotatable bonds is 4. The van der Waals surface area contributed by atoms with Crippen LogP contribution in [0, 0.1) is 3.57 Å². The van der Waals surface area contributed by atoms with Crippen LogP contribution in [-0.4, -0.2) is 16.1 Å². The van der Waals surface area contributed by atoms with E-state index in [0.29, 0.717) is 9.13 Å². The maximum atomic E-state index is 12.6. The van der Waals surface area contributed by atoms with Gasteiger partial charge in [0, 0.05) is 16.3 Å². The molecule has 0 saturated heterocycles. The number of nitrogens with two attached hydrogens (primary N) is 1. The first-order chi connectivity index (χ1) is 7.47. The van der Waals surface area contributed by atoms with Gasteiger partial charge in [-0.3, -0.25) is 9.78 Å². The van der Waals surface area contributed by atoms with Gasteiger partial charge in [-0.15, -0.1) is 0 Å². The maximum Gasteiger partial charge on any atom is 0.307 e. The molecule has 1 heterocycles. The van der Waals surface area contributed by atoms with Gasteiger partial charge in [-0.2, -0.15) is 0 Å². The lowest BCUT2D eigenvalue weighted by Gasteiger charge is -2.12. The van der Waals surface area contributed by atoms with Crippen LogP contribution in [0.15, 0.2) is 6.20 Å². The van der Waals surface area contributed by atoms with E-state index in [1.54, 1.807) is 0 Å². The van der Waals surface area contributed by atoms with Crippen LogP contribution in [0.5, 0.6) is 0 Å². The number of carboxylic acid groups (broad SMARTS) is 1. The number of hydrogen-bond acceptors (Lipinski definition) is 3. The number of aromatic nitrogens is 1. The molecule has 0 fully saturated rings. The second-order valence-electron chi connectivity index (χ2n) is 3.02. The molecule has 88 valence electrons. The van der Waals surface area contributed by atoms with E-state index >= 15 is 0 Å². The normalized spacial score (nSPS) is 10.8. The predicted octanol–water partition coefficient (Wildman–Crippen LogP) is 1.71. The zero-order chi connectivity index (χ0) is 12.3. The van der Waals surface area contributed by atoms with E-state index in [1.165, 1.54) is 6.20 Å². The number of aliphatic carboxylic acids is 1. The van der Waals surface area contributed by atoms with Gasteiger partial charge in [-0.1, -0.05) is 0 Å². The zero-order valence-electron chi connectivity index (χ0n) is 8.08. The Hall–Kier alpha value is -0.830. The van der Waals surface area contributed by atoms with Crippen molar-refractivity contribution in [2.75, 3.05) is 0 Å². The Balaban J connectivity index is 3.34. The highest BCUT2D eigenvalue weighted by Gasteiger charge is 2.21. The first-order valence-electron chi connectivity index (χ1n) is 4.33. The second-order valence-corrected chi connectivity index (χ2v) is 4.19. The third-order valence-electron chi connectivity index (χ3n) is 2.02. The molecular weight excluding hydrogens is 333 g/mol. The number of hydrogen-bond donors (Lipinski definition) is 2. The topological polar surface area (TPSA) is 76.2 Å². The molecule has 1 aromatic heterocycles. The maximum absolute atomic E-state index is 12.6. The average molecular weight is 342 g/mol. The van der Waals surface area contributed by atoms with Gasteiger partial charge in [0.05, 0.1) is 6.42 Å². The number of halogens is 3. The fourth-order valence-electron chi connectivity index (χ4n) is 1.34. The summed E-state index contributed by atoms with van der Waals surface area (Å²) in [7, 11) is 0. The Morgan fingerprint density at radius 3 is 2.62 bits per heavy atom. The van der Waals surface area contributed by atoms with Crippen molar-refractivity contribution in [2.24, 2.45) is 5.73 Å². The van der Waals surface area contributed by atoms with Crippen LogP contribution in [0.2, 0.25) is 0 Å². The number of pyridine rings is 1. The van der Waals surface area contributed by atoms with Gasteiger partial charge in [0.1, 0.15) is 5.69 Å². The van der Waals surface area contributed by atoms with Crippen molar-refractivity contribution in [1.29, 1.82) is 0 Å². The van der Waals surface area contributed by atoms with Crippen LogP contribution in [0.3, 0.4) is 0 Å². The van der Waals surface area contributed by atoms with Crippen molar-refractivity contribution in [1.82, 2.24) is 4.98 Å². The fraction of sp³-hybridized carbons (Fsp3) is 0.333. The molecule has 16 heavy (non-hydrogen) atoms. The van der Waals surface area contributed by atoms with Gasteiger partial charge >= 0.3 is 5.97 Å². The third kappa shape index (κ3) is 2.85. The lowest BCUT2D eigenvalue weighted by molar-refractivity contribution is -0.136. The summed E-state index contributed by atoms with van der Waals surface area (Å²) < 4.78 is 25.9. The van der Waals surface area contributed by atoms with Gasteiger partial charge in [-0.05, 0) is 33.7 Å². The molecule has 0 bridgehead atoms. The van der Waals surface area contributed by atoms with Crippen molar-refractivity contribution in [3.63, 3.8) is 0 Å².